The molecule has 0 saturated carbocycles. The predicted molar refractivity (Wildman–Crippen MR) is 120 cm³/mol. The first kappa shape index (κ1) is 25.0. The smallest absolute Gasteiger partial charge is 0.305 e. The maximum Gasteiger partial charge on any atom is 0.305 e. The van der Waals surface area contributed by atoms with Gasteiger partial charge in [0.25, 0.3) is 0 Å². The Labute approximate surface area is 188 Å². The number of hydrogen-bond donors (Lipinski definition) is 1. The molecule has 6 nitrogen and oxygen atoms in total. The van der Waals surface area contributed by atoms with Gasteiger partial charge in [-0.3, -0.25) is 9.59 Å². The van der Waals surface area contributed by atoms with Crippen LogP contribution in [0.3, 0.4) is 0 Å². The molecule has 1 atom stereocenters. The number of Topliss-reactive ketones (excluding diaryl/α,β-unsaturated/α-hetero) is 1. The molecule has 0 bridgehead atoms. The van der Waals surface area contributed by atoms with Gasteiger partial charge in [-0.1, -0.05) is 30.2 Å². The molecule has 0 heterocycles. The van der Waals surface area contributed by atoms with Crippen LogP contribution >= 0.6 is 11.6 Å². The van der Waals surface area contributed by atoms with Crippen LogP contribution in [0.25, 0.3) is 0 Å². The van der Waals surface area contributed by atoms with Gasteiger partial charge in [0.05, 0.1) is 26.4 Å². The number of allylic oxidation sites excluding steroid dienone is 2. The second-order valence-corrected chi connectivity index (χ2v) is 7.99. The first-order valence-electron chi connectivity index (χ1n) is 10.5. The lowest BCUT2D eigenvalue weighted by Crippen LogP contribution is -2.28. The minimum atomic E-state index is -1.35. The number of halogens is 1. The zero-order valence-corrected chi connectivity index (χ0v) is 19.2. The molecule has 0 amide bonds. The number of rotatable bonds is 12. The second kappa shape index (κ2) is 11.9. The Hall–Kier alpha value is -2.31. The number of carbonyl (C=O) groups is 2. The Kier molecular flexibility index (Phi) is 9.59. The van der Waals surface area contributed by atoms with E-state index in [2.05, 4.69) is 4.74 Å². The van der Waals surface area contributed by atoms with Crippen LogP contribution in [0, 0.1) is 0 Å². The van der Waals surface area contributed by atoms with Crippen LogP contribution in [-0.4, -0.2) is 43.8 Å². The van der Waals surface area contributed by atoms with Crippen LogP contribution < -0.4 is 9.47 Å². The van der Waals surface area contributed by atoms with E-state index in [0.717, 1.165) is 24.8 Å². The number of ether oxygens (including phenoxy) is 3. The fraction of sp³-hybridized carbons (Fsp3) is 0.500. The van der Waals surface area contributed by atoms with Gasteiger partial charge in [-0.25, -0.2) is 0 Å². The number of hydrogen-bond acceptors (Lipinski definition) is 6. The summed E-state index contributed by atoms with van der Waals surface area (Å²) in [6, 6.07) is 5.72. The molecule has 0 fully saturated rings. The average molecular weight is 451 g/mol. The van der Waals surface area contributed by atoms with Gasteiger partial charge in [-0.15, -0.1) is 0 Å². The lowest BCUT2D eigenvalue weighted by atomic mass is 9.89. The topological polar surface area (TPSA) is 82.1 Å². The Morgan fingerprint density at radius 2 is 1.84 bits per heavy atom. The summed E-state index contributed by atoms with van der Waals surface area (Å²) in [5.41, 5.74) is 0.0473. The van der Waals surface area contributed by atoms with E-state index in [0.29, 0.717) is 49.2 Å². The van der Waals surface area contributed by atoms with E-state index in [1.165, 1.54) is 13.2 Å². The van der Waals surface area contributed by atoms with E-state index >= 15 is 0 Å². The monoisotopic (exact) mass is 450 g/mol. The summed E-state index contributed by atoms with van der Waals surface area (Å²) in [5, 5.41) is 11.2. The fourth-order valence-corrected chi connectivity index (χ4v) is 3.97. The number of ketones is 1. The summed E-state index contributed by atoms with van der Waals surface area (Å²) in [4.78, 5) is 23.6. The molecule has 1 N–H and O–H groups in total. The van der Waals surface area contributed by atoms with E-state index < -0.39 is 5.60 Å². The molecule has 1 aliphatic carbocycles. The van der Waals surface area contributed by atoms with Gasteiger partial charge in [0.15, 0.2) is 11.5 Å². The molecule has 0 aliphatic heterocycles. The van der Waals surface area contributed by atoms with Crippen molar-refractivity contribution in [2.45, 2.75) is 57.0 Å². The molecule has 1 aliphatic rings. The predicted octanol–water partition coefficient (Wildman–Crippen LogP) is 4.51. The molecule has 1 aromatic carbocycles. The summed E-state index contributed by atoms with van der Waals surface area (Å²) in [6.07, 6.45) is 8.41. The molecule has 2 rings (SSSR count). The number of methoxy groups -OCH3 is 3. The lowest BCUT2D eigenvalue weighted by Gasteiger charge is -2.22. The minimum Gasteiger partial charge on any atom is -0.493 e. The van der Waals surface area contributed by atoms with Crippen LogP contribution in [0.15, 0.2) is 41.0 Å². The highest BCUT2D eigenvalue weighted by Gasteiger charge is 2.40. The zero-order valence-electron chi connectivity index (χ0n) is 18.4. The highest BCUT2D eigenvalue weighted by molar-refractivity contribution is 6.46. The van der Waals surface area contributed by atoms with Crippen molar-refractivity contribution in [2.75, 3.05) is 21.3 Å². The van der Waals surface area contributed by atoms with Crippen molar-refractivity contribution < 1.29 is 28.9 Å². The first-order chi connectivity index (χ1) is 14.8. The maximum absolute atomic E-state index is 12.4. The molecular formula is C24H31ClO6. The molecule has 31 heavy (non-hydrogen) atoms. The van der Waals surface area contributed by atoms with Crippen molar-refractivity contribution in [3.8, 4) is 11.5 Å². The summed E-state index contributed by atoms with van der Waals surface area (Å²) in [7, 11) is 4.56. The first-order valence-corrected chi connectivity index (χ1v) is 10.9. The van der Waals surface area contributed by atoms with Gasteiger partial charge >= 0.3 is 5.97 Å². The van der Waals surface area contributed by atoms with Crippen molar-refractivity contribution in [2.24, 2.45) is 0 Å². The molecule has 0 aromatic heterocycles. The van der Waals surface area contributed by atoms with Gasteiger partial charge in [0.2, 0.25) is 5.78 Å². The number of unbranched alkanes of at least 4 members (excludes halogenated alkanes) is 3. The fourth-order valence-electron chi connectivity index (χ4n) is 3.69. The highest BCUT2D eigenvalue weighted by atomic mass is 35.5. The van der Waals surface area contributed by atoms with Gasteiger partial charge in [-0.2, -0.15) is 0 Å². The number of aryl methyl sites for hydroxylation is 1. The molecule has 0 spiro atoms. The molecule has 1 unspecified atom stereocenters. The molecule has 170 valence electrons. The van der Waals surface area contributed by atoms with Gasteiger partial charge in [-0.05, 0) is 62.3 Å². The SMILES string of the molecule is COC(=O)CCCCC/C=C1\C(=O)C(Cl)=CC1(O)CCCc1ccc(OC)c(OC)c1. The summed E-state index contributed by atoms with van der Waals surface area (Å²) in [5.74, 6) is 0.789. The average Bonchev–Trinajstić information content (AvgIpc) is 2.98. The quantitative estimate of drug-likeness (QED) is 0.286. The normalized spacial score (nSPS) is 19.5. The molecule has 0 radical (unpaired) electrons. The summed E-state index contributed by atoms with van der Waals surface area (Å²) < 4.78 is 15.2. The third kappa shape index (κ3) is 6.84. The molecular weight excluding hydrogens is 420 g/mol. The summed E-state index contributed by atoms with van der Waals surface area (Å²) in [6.45, 7) is 0. The molecule has 0 saturated heterocycles. The number of aliphatic hydroxyl groups is 1. The van der Waals surface area contributed by atoms with Crippen molar-refractivity contribution in [1.82, 2.24) is 0 Å². The number of esters is 1. The molecule has 1 aromatic rings. The standard InChI is InChI=1S/C24H31ClO6/c1-29-20-13-12-17(15-21(20)30-2)9-8-14-24(28)16-19(25)23(27)18(24)10-6-4-5-7-11-22(26)31-3/h10,12-13,15-16,28H,4-9,11,14H2,1-3H3/b18-10+. The van der Waals surface area contributed by atoms with Gasteiger partial charge in [0, 0.05) is 12.0 Å². The largest absolute Gasteiger partial charge is 0.493 e. The third-order valence-corrected chi connectivity index (χ3v) is 5.71. The van der Waals surface area contributed by atoms with E-state index in [4.69, 9.17) is 21.1 Å². The van der Waals surface area contributed by atoms with Crippen molar-refractivity contribution in [1.29, 1.82) is 0 Å². The lowest BCUT2D eigenvalue weighted by molar-refractivity contribution is -0.140. The van der Waals surface area contributed by atoms with Gasteiger partial charge in [0.1, 0.15) is 5.60 Å². The Bertz CT molecular complexity index is 844. The minimum absolute atomic E-state index is 0.0607. The van der Waals surface area contributed by atoms with Crippen molar-refractivity contribution in [3.05, 3.63) is 46.5 Å². The number of benzene rings is 1. The van der Waals surface area contributed by atoms with E-state index in [1.54, 1.807) is 20.3 Å². The van der Waals surface area contributed by atoms with Crippen LogP contribution in [0.2, 0.25) is 0 Å². The van der Waals surface area contributed by atoms with E-state index in [1.807, 2.05) is 18.2 Å². The third-order valence-electron chi connectivity index (χ3n) is 5.43. The van der Waals surface area contributed by atoms with Crippen molar-refractivity contribution in [3.63, 3.8) is 0 Å². The van der Waals surface area contributed by atoms with Crippen LogP contribution in [0.1, 0.15) is 50.5 Å². The van der Waals surface area contributed by atoms with E-state index in [9.17, 15) is 14.7 Å². The zero-order chi connectivity index (χ0) is 22.9. The van der Waals surface area contributed by atoms with Crippen LogP contribution in [-0.2, 0) is 20.7 Å². The summed E-state index contributed by atoms with van der Waals surface area (Å²) >= 11 is 6.05. The molecule has 7 heteroatoms. The van der Waals surface area contributed by atoms with Crippen LogP contribution in [0.5, 0.6) is 11.5 Å². The Morgan fingerprint density at radius 3 is 2.52 bits per heavy atom. The maximum atomic E-state index is 12.4. The number of carbonyl (C=O) groups excluding carboxylic acids is 2. The highest BCUT2D eigenvalue weighted by Crippen LogP contribution is 2.37. The van der Waals surface area contributed by atoms with Crippen LogP contribution in [0.4, 0.5) is 0 Å². The second-order valence-electron chi connectivity index (χ2n) is 7.58. The van der Waals surface area contributed by atoms with Gasteiger partial charge < -0.3 is 19.3 Å². The van der Waals surface area contributed by atoms with Crippen molar-refractivity contribution >= 4 is 23.4 Å². The Morgan fingerprint density at radius 1 is 1.10 bits per heavy atom. The van der Waals surface area contributed by atoms with E-state index in [-0.39, 0.29) is 16.8 Å². The Balaban J connectivity index is 1.93.